The summed E-state index contributed by atoms with van der Waals surface area (Å²) in [5.74, 6) is -2.10. The van der Waals surface area contributed by atoms with Gasteiger partial charge in [-0.3, -0.25) is 29.4 Å². The van der Waals surface area contributed by atoms with E-state index < -0.39 is 22.7 Å². The molecule has 0 aromatic heterocycles. The van der Waals surface area contributed by atoms with Crippen LogP contribution < -0.4 is 9.64 Å². The van der Waals surface area contributed by atoms with Gasteiger partial charge in [-0.15, -0.1) is 0 Å². The molecule has 2 heterocycles. The lowest BCUT2D eigenvalue weighted by Gasteiger charge is -2.29. The fourth-order valence-electron chi connectivity index (χ4n) is 6.23. The van der Waals surface area contributed by atoms with Gasteiger partial charge in [-0.1, -0.05) is 17.3 Å². The van der Waals surface area contributed by atoms with E-state index in [-0.39, 0.29) is 41.4 Å². The number of nitro benzene ring substituents is 1. The third-order valence-corrected chi connectivity index (χ3v) is 7.40. The minimum atomic E-state index is -0.488. The number of carbonyl (C=O) groups is 3. The van der Waals surface area contributed by atoms with Gasteiger partial charge in [0.15, 0.2) is 0 Å². The molecular weight excluding hydrogens is 442 g/mol. The first kappa shape index (κ1) is 20.5. The molecular formula is C24H19N3O7. The molecule has 0 spiro atoms. The average molecular weight is 461 g/mol. The number of oxime groups is 1. The van der Waals surface area contributed by atoms with Crippen LogP contribution in [-0.4, -0.2) is 34.5 Å². The topological polar surface area (TPSA) is 128 Å². The third kappa shape index (κ3) is 2.81. The summed E-state index contributed by atoms with van der Waals surface area (Å²) in [6.07, 6.45) is 0.346. The number of nitrogens with zero attached hydrogens (tertiary/aromatic N) is 3. The predicted octanol–water partition coefficient (Wildman–Crippen LogP) is 2.69. The summed E-state index contributed by atoms with van der Waals surface area (Å²) >= 11 is 0. The standard InChI is InChI=1S/C24H19N3O7/c1-11(28)33-15-7-5-13(6-8-15)26-23(29)18-16-10-17(19(18)24(26)30)22-20(16)21(25-34-22)12-3-2-4-14(9-12)27(31)32/h2-9,16-20,22H,10H2,1H3/t16-,17-,18-,19-,20-,22+/m0/s1. The van der Waals surface area contributed by atoms with Crippen LogP contribution in [0.2, 0.25) is 0 Å². The molecule has 3 fully saturated rings. The number of anilines is 1. The molecule has 2 aliphatic carbocycles. The number of fused-ring (bicyclic) bond motifs is 8. The van der Waals surface area contributed by atoms with Gasteiger partial charge in [0.05, 0.1) is 28.2 Å². The Bertz CT molecular complexity index is 1290. The van der Waals surface area contributed by atoms with Crippen LogP contribution in [0.3, 0.4) is 0 Å². The van der Waals surface area contributed by atoms with Crippen LogP contribution in [-0.2, 0) is 19.2 Å². The van der Waals surface area contributed by atoms with Gasteiger partial charge >= 0.3 is 5.97 Å². The number of carbonyl (C=O) groups excluding carboxylic acids is 3. The quantitative estimate of drug-likeness (QED) is 0.225. The number of ether oxygens (including phenoxy) is 1. The summed E-state index contributed by atoms with van der Waals surface area (Å²) in [6.45, 7) is 1.29. The molecule has 2 bridgehead atoms. The molecule has 34 heavy (non-hydrogen) atoms. The Hall–Kier alpha value is -4.08. The molecule has 2 aliphatic heterocycles. The van der Waals surface area contributed by atoms with E-state index >= 15 is 0 Å². The minimum Gasteiger partial charge on any atom is -0.427 e. The maximum Gasteiger partial charge on any atom is 0.308 e. The van der Waals surface area contributed by atoms with E-state index in [1.165, 1.54) is 24.0 Å². The molecule has 1 saturated heterocycles. The second-order valence-corrected chi connectivity index (χ2v) is 9.09. The van der Waals surface area contributed by atoms with Crippen molar-refractivity contribution in [3.63, 3.8) is 0 Å². The van der Waals surface area contributed by atoms with Crippen LogP contribution in [0.4, 0.5) is 11.4 Å². The van der Waals surface area contributed by atoms with Crippen molar-refractivity contribution in [1.29, 1.82) is 0 Å². The molecule has 6 atom stereocenters. The lowest BCUT2D eigenvalue weighted by atomic mass is 9.71. The first-order valence-corrected chi connectivity index (χ1v) is 11.0. The molecule has 10 heteroatoms. The Morgan fingerprint density at radius 3 is 2.47 bits per heavy atom. The smallest absolute Gasteiger partial charge is 0.308 e. The van der Waals surface area contributed by atoms with Crippen LogP contribution in [0.1, 0.15) is 18.9 Å². The van der Waals surface area contributed by atoms with Gasteiger partial charge in [0.1, 0.15) is 11.9 Å². The normalized spacial score (nSPS) is 30.6. The van der Waals surface area contributed by atoms with Gasteiger partial charge in [-0.2, -0.15) is 0 Å². The van der Waals surface area contributed by atoms with Crippen molar-refractivity contribution in [3.05, 3.63) is 64.2 Å². The highest BCUT2D eigenvalue weighted by Gasteiger charge is 2.70. The van der Waals surface area contributed by atoms with Crippen molar-refractivity contribution < 1.29 is 28.9 Å². The van der Waals surface area contributed by atoms with E-state index in [1.54, 1.807) is 36.4 Å². The summed E-state index contributed by atoms with van der Waals surface area (Å²) in [5.41, 5.74) is 1.59. The molecule has 4 aliphatic rings. The molecule has 2 aromatic carbocycles. The number of esters is 1. The van der Waals surface area contributed by atoms with E-state index in [0.29, 0.717) is 29.1 Å². The van der Waals surface area contributed by atoms with Crippen LogP contribution >= 0.6 is 0 Å². The van der Waals surface area contributed by atoms with E-state index in [0.717, 1.165) is 0 Å². The van der Waals surface area contributed by atoms with Crippen LogP contribution in [0.25, 0.3) is 0 Å². The van der Waals surface area contributed by atoms with Gasteiger partial charge in [0.2, 0.25) is 11.8 Å². The lowest BCUT2D eigenvalue weighted by Crippen LogP contribution is -2.41. The van der Waals surface area contributed by atoms with Gasteiger partial charge in [-0.25, -0.2) is 0 Å². The molecule has 0 unspecified atom stereocenters. The fourth-order valence-corrected chi connectivity index (χ4v) is 6.23. The van der Waals surface area contributed by atoms with E-state index in [2.05, 4.69) is 5.16 Å². The van der Waals surface area contributed by atoms with Crippen molar-refractivity contribution in [1.82, 2.24) is 0 Å². The average Bonchev–Trinajstić information content (AvgIpc) is 3.54. The summed E-state index contributed by atoms with van der Waals surface area (Å²) < 4.78 is 5.03. The van der Waals surface area contributed by atoms with E-state index in [4.69, 9.17) is 9.57 Å². The number of rotatable bonds is 4. The molecule has 6 rings (SSSR count). The summed E-state index contributed by atoms with van der Waals surface area (Å²) in [5, 5.41) is 15.5. The zero-order chi connectivity index (χ0) is 23.7. The maximum absolute atomic E-state index is 13.5. The Kier molecular flexibility index (Phi) is 4.35. The highest BCUT2D eigenvalue weighted by molar-refractivity contribution is 6.23. The van der Waals surface area contributed by atoms with Crippen molar-refractivity contribution in [2.75, 3.05) is 4.90 Å². The van der Waals surface area contributed by atoms with Crippen LogP contribution in [0.5, 0.6) is 5.75 Å². The van der Waals surface area contributed by atoms with Crippen LogP contribution in [0, 0.1) is 39.7 Å². The molecule has 2 amide bonds. The Morgan fingerprint density at radius 2 is 1.79 bits per heavy atom. The summed E-state index contributed by atoms with van der Waals surface area (Å²) in [4.78, 5) is 55.7. The molecule has 2 saturated carbocycles. The van der Waals surface area contributed by atoms with E-state index in [9.17, 15) is 24.5 Å². The number of non-ortho nitro benzene ring substituents is 1. The number of imide groups is 1. The Balaban J connectivity index is 1.29. The van der Waals surface area contributed by atoms with Gasteiger partial charge < -0.3 is 9.57 Å². The lowest BCUT2D eigenvalue weighted by molar-refractivity contribution is -0.384. The van der Waals surface area contributed by atoms with Gasteiger partial charge in [0.25, 0.3) is 5.69 Å². The second kappa shape index (κ2) is 7.21. The van der Waals surface area contributed by atoms with Gasteiger partial charge in [-0.05, 0) is 36.6 Å². The fraction of sp³-hybridized carbons (Fsp3) is 0.333. The molecule has 2 aromatic rings. The predicted molar refractivity (Wildman–Crippen MR) is 117 cm³/mol. The number of hydrogen-bond donors (Lipinski definition) is 0. The number of nitro groups is 1. The first-order chi connectivity index (χ1) is 16.3. The van der Waals surface area contributed by atoms with Crippen molar-refractivity contribution in [2.24, 2.45) is 34.7 Å². The molecule has 0 N–H and O–H groups in total. The number of benzene rings is 2. The van der Waals surface area contributed by atoms with Crippen molar-refractivity contribution >= 4 is 34.9 Å². The van der Waals surface area contributed by atoms with Gasteiger partial charge in [0, 0.05) is 36.5 Å². The maximum atomic E-state index is 13.5. The zero-order valence-corrected chi connectivity index (χ0v) is 18.0. The number of hydrogen-bond acceptors (Lipinski definition) is 8. The molecule has 0 radical (unpaired) electrons. The Morgan fingerprint density at radius 1 is 1.09 bits per heavy atom. The summed E-state index contributed by atoms with van der Waals surface area (Å²) in [7, 11) is 0. The molecule has 172 valence electrons. The highest BCUT2D eigenvalue weighted by Crippen LogP contribution is 2.62. The number of amides is 2. The van der Waals surface area contributed by atoms with Crippen molar-refractivity contribution in [2.45, 2.75) is 19.4 Å². The van der Waals surface area contributed by atoms with E-state index in [1.807, 2.05) is 0 Å². The monoisotopic (exact) mass is 461 g/mol. The Labute approximate surface area is 193 Å². The minimum absolute atomic E-state index is 0.0415. The zero-order valence-electron chi connectivity index (χ0n) is 18.0. The SMILES string of the molecule is CC(=O)Oc1ccc(N2C(=O)[C@H]3[C@@H]4C[C@H]([C@H]5C(c6cccc([N+](=O)[O-])c6)=NO[C@H]45)[C@@H]3C2=O)cc1. The molecule has 10 nitrogen and oxygen atoms in total. The highest BCUT2D eigenvalue weighted by atomic mass is 16.6. The summed E-state index contributed by atoms with van der Waals surface area (Å²) in [6, 6.07) is 12.5. The van der Waals surface area contributed by atoms with Crippen LogP contribution in [0.15, 0.2) is 53.7 Å². The first-order valence-electron chi connectivity index (χ1n) is 11.0. The second-order valence-electron chi connectivity index (χ2n) is 9.09. The third-order valence-electron chi connectivity index (χ3n) is 7.40. The largest absolute Gasteiger partial charge is 0.427 e. The van der Waals surface area contributed by atoms with Crippen molar-refractivity contribution in [3.8, 4) is 5.75 Å².